The van der Waals surface area contributed by atoms with Gasteiger partial charge in [0.1, 0.15) is 12.5 Å². The molecule has 2 bridgehead atoms. The van der Waals surface area contributed by atoms with Crippen LogP contribution >= 0.6 is 0 Å². The van der Waals surface area contributed by atoms with Crippen molar-refractivity contribution in [3.63, 3.8) is 0 Å². The molecule has 0 aromatic heterocycles. The predicted molar refractivity (Wildman–Crippen MR) is 70.6 cm³/mol. The summed E-state index contributed by atoms with van der Waals surface area (Å²) in [5.74, 6) is -4.70. The fourth-order valence-corrected chi connectivity index (χ4v) is 3.63. The van der Waals surface area contributed by atoms with Gasteiger partial charge in [-0.25, -0.2) is 8.78 Å². The molecule has 0 heterocycles. The van der Waals surface area contributed by atoms with Crippen LogP contribution in [0.25, 0.3) is 0 Å². The van der Waals surface area contributed by atoms with Crippen molar-refractivity contribution < 1.29 is 36.2 Å². The molecule has 132 valence electrons. The molecule has 4 atom stereocenters. The van der Waals surface area contributed by atoms with Crippen LogP contribution in [0, 0.1) is 17.8 Å². The van der Waals surface area contributed by atoms with E-state index in [0.717, 1.165) is 12.8 Å². The largest absolute Gasteiger partial charge is 0.498 e. The number of hydrogen-bond acceptors (Lipinski definition) is 3. The van der Waals surface area contributed by atoms with Gasteiger partial charge in [-0.05, 0) is 25.2 Å². The number of fused-ring (bicyclic) bond motifs is 2. The van der Waals surface area contributed by atoms with Crippen molar-refractivity contribution >= 4 is 5.97 Å². The zero-order valence-corrected chi connectivity index (χ0v) is 12.5. The third-order valence-corrected chi connectivity index (χ3v) is 4.50. The number of ether oxygens (including phenoxy) is 2. The highest BCUT2D eigenvalue weighted by Crippen LogP contribution is 2.50. The first-order valence-corrected chi connectivity index (χ1v) is 7.49. The maximum Gasteiger partial charge on any atom is 0.394 e. The summed E-state index contributed by atoms with van der Waals surface area (Å²) >= 11 is 0. The highest BCUT2D eigenvalue weighted by Gasteiger charge is 2.51. The van der Waals surface area contributed by atoms with Crippen molar-refractivity contribution in [2.45, 2.75) is 50.3 Å². The van der Waals surface area contributed by atoms with Gasteiger partial charge >= 0.3 is 12.1 Å². The van der Waals surface area contributed by atoms with Crippen LogP contribution in [0.3, 0.4) is 0 Å². The first-order valence-electron chi connectivity index (χ1n) is 7.49. The summed E-state index contributed by atoms with van der Waals surface area (Å²) < 4.78 is 72.3. The summed E-state index contributed by atoms with van der Waals surface area (Å²) in [6, 6.07) is 0. The number of carbonyl (C=O) groups is 1. The molecule has 8 heteroatoms. The number of alkyl halides is 5. The Hall–Kier alpha value is -1.34. The van der Waals surface area contributed by atoms with Crippen LogP contribution < -0.4 is 0 Å². The van der Waals surface area contributed by atoms with Crippen LogP contribution in [-0.4, -0.2) is 30.8 Å². The SMILES string of the molecule is C=COC1CC2CC(C(=O)OCCC(F)(F)CC(F)(F)F)C1C2. The fraction of sp³-hybridized carbons (Fsp3) is 0.800. The van der Waals surface area contributed by atoms with E-state index in [1.165, 1.54) is 6.26 Å². The van der Waals surface area contributed by atoms with Crippen molar-refractivity contribution in [2.75, 3.05) is 6.61 Å². The van der Waals surface area contributed by atoms with Crippen molar-refractivity contribution in [3.05, 3.63) is 12.8 Å². The molecule has 0 aliphatic heterocycles. The molecule has 0 aromatic carbocycles. The molecule has 2 aliphatic rings. The van der Waals surface area contributed by atoms with Gasteiger partial charge in [-0.15, -0.1) is 0 Å². The molecule has 0 spiro atoms. The normalized spacial score (nSPS) is 30.3. The smallest absolute Gasteiger partial charge is 0.394 e. The molecule has 0 aromatic rings. The second-order valence-corrected chi connectivity index (χ2v) is 6.25. The Kier molecular flexibility index (Phi) is 5.20. The van der Waals surface area contributed by atoms with Gasteiger partial charge in [-0.1, -0.05) is 6.58 Å². The molecule has 2 saturated carbocycles. The Bertz CT molecular complexity index is 449. The molecule has 23 heavy (non-hydrogen) atoms. The van der Waals surface area contributed by atoms with Gasteiger partial charge in [0.15, 0.2) is 0 Å². The lowest BCUT2D eigenvalue weighted by molar-refractivity contribution is -0.192. The molecule has 3 nitrogen and oxygen atoms in total. The van der Waals surface area contributed by atoms with E-state index in [9.17, 15) is 26.7 Å². The average molecular weight is 342 g/mol. The van der Waals surface area contributed by atoms with Crippen LogP contribution in [0.5, 0.6) is 0 Å². The Balaban J connectivity index is 1.78. The Morgan fingerprint density at radius 3 is 2.43 bits per heavy atom. The Morgan fingerprint density at radius 2 is 1.87 bits per heavy atom. The van der Waals surface area contributed by atoms with E-state index >= 15 is 0 Å². The first-order chi connectivity index (χ1) is 10.6. The van der Waals surface area contributed by atoms with Crippen LogP contribution in [-0.2, 0) is 14.3 Å². The van der Waals surface area contributed by atoms with Gasteiger partial charge in [0.05, 0.1) is 18.8 Å². The van der Waals surface area contributed by atoms with Crippen LogP contribution in [0.15, 0.2) is 12.8 Å². The molecule has 0 saturated heterocycles. The van der Waals surface area contributed by atoms with Gasteiger partial charge in [0, 0.05) is 12.3 Å². The Labute approximate surface area is 130 Å². The number of esters is 1. The topological polar surface area (TPSA) is 35.5 Å². The van der Waals surface area contributed by atoms with Gasteiger partial charge in [-0.3, -0.25) is 4.79 Å². The summed E-state index contributed by atoms with van der Waals surface area (Å²) in [7, 11) is 0. The van der Waals surface area contributed by atoms with E-state index in [1.54, 1.807) is 0 Å². The maximum absolute atomic E-state index is 13.1. The first kappa shape index (κ1) is 18.0. The monoisotopic (exact) mass is 342 g/mol. The zero-order chi connectivity index (χ0) is 17.3. The van der Waals surface area contributed by atoms with E-state index in [2.05, 4.69) is 6.58 Å². The Morgan fingerprint density at radius 1 is 1.17 bits per heavy atom. The molecule has 2 fully saturated rings. The van der Waals surface area contributed by atoms with Crippen LogP contribution in [0.4, 0.5) is 22.0 Å². The summed E-state index contributed by atoms with van der Waals surface area (Å²) in [4.78, 5) is 12.0. The van der Waals surface area contributed by atoms with Crippen molar-refractivity contribution in [2.24, 2.45) is 17.8 Å². The van der Waals surface area contributed by atoms with Gasteiger partial charge in [0.2, 0.25) is 0 Å². The summed E-state index contributed by atoms with van der Waals surface area (Å²) in [6.45, 7) is 2.75. The molecule has 0 amide bonds. The lowest BCUT2D eigenvalue weighted by Gasteiger charge is -2.27. The molecular formula is C15H19F5O3. The highest BCUT2D eigenvalue weighted by atomic mass is 19.4. The van der Waals surface area contributed by atoms with E-state index in [4.69, 9.17) is 9.47 Å². The summed E-state index contributed by atoms with van der Waals surface area (Å²) in [6.07, 6.45) is -4.87. The van der Waals surface area contributed by atoms with Crippen LogP contribution in [0.2, 0.25) is 0 Å². The molecule has 0 radical (unpaired) electrons. The third kappa shape index (κ3) is 4.81. The van der Waals surface area contributed by atoms with Gasteiger partial charge in [-0.2, -0.15) is 13.2 Å². The average Bonchev–Trinajstić information content (AvgIpc) is 2.95. The standard InChI is InChI=1S/C15H19F5O3/c1-2-22-12-7-9-5-10(12)11(6-9)13(21)23-4-3-14(16,17)8-15(18,19)20/h2,9-12H,1,3-8H2. The van der Waals surface area contributed by atoms with Crippen molar-refractivity contribution in [1.82, 2.24) is 0 Å². The molecule has 2 aliphatic carbocycles. The number of halogens is 5. The van der Waals surface area contributed by atoms with E-state index in [1.807, 2.05) is 0 Å². The van der Waals surface area contributed by atoms with Crippen LogP contribution in [0.1, 0.15) is 32.1 Å². The molecule has 4 unspecified atom stereocenters. The fourth-order valence-electron chi connectivity index (χ4n) is 3.63. The zero-order valence-electron chi connectivity index (χ0n) is 12.5. The molecule has 0 N–H and O–H groups in total. The minimum absolute atomic E-state index is 0.0406. The van der Waals surface area contributed by atoms with Crippen molar-refractivity contribution in [1.29, 1.82) is 0 Å². The van der Waals surface area contributed by atoms with E-state index in [-0.39, 0.29) is 12.0 Å². The van der Waals surface area contributed by atoms with E-state index < -0.39 is 43.4 Å². The number of rotatable bonds is 7. The number of hydrogen-bond donors (Lipinski definition) is 0. The molecular weight excluding hydrogens is 323 g/mol. The second-order valence-electron chi connectivity index (χ2n) is 6.25. The third-order valence-electron chi connectivity index (χ3n) is 4.50. The van der Waals surface area contributed by atoms with E-state index in [0.29, 0.717) is 12.3 Å². The van der Waals surface area contributed by atoms with Gasteiger partial charge in [0.25, 0.3) is 5.92 Å². The predicted octanol–water partition coefficient (Wildman–Crippen LogP) is 4.08. The lowest BCUT2D eigenvalue weighted by atomic mass is 9.86. The lowest BCUT2D eigenvalue weighted by Crippen LogP contribution is -2.33. The minimum Gasteiger partial charge on any atom is -0.498 e. The number of carbonyl (C=O) groups excluding carboxylic acids is 1. The second kappa shape index (κ2) is 6.65. The van der Waals surface area contributed by atoms with Gasteiger partial charge < -0.3 is 9.47 Å². The molecule has 2 rings (SSSR count). The summed E-state index contributed by atoms with van der Waals surface area (Å²) in [5, 5.41) is 0. The summed E-state index contributed by atoms with van der Waals surface area (Å²) in [5.41, 5.74) is 0. The minimum atomic E-state index is -4.95. The quantitative estimate of drug-likeness (QED) is 0.397. The van der Waals surface area contributed by atoms with Crippen molar-refractivity contribution in [3.8, 4) is 0 Å². The maximum atomic E-state index is 13.1. The highest BCUT2D eigenvalue weighted by molar-refractivity contribution is 5.73.